The van der Waals surface area contributed by atoms with Gasteiger partial charge in [0.2, 0.25) is 0 Å². The van der Waals surface area contributed by atoms with E-state index in [4.69, 9.17) is 4.74 Å². The summed E-state index contributed by atoms with van der Waals surface area (Å²) >= 11 is 0. The van der Waals surface area contributed by atoms with Gasteiger partial charge in [-0.3, -0.25) is 0 Å². The largest absolute Gasteiger partial charge is 0.507 e. The maximum Gasteiger partial charge on any atom is 0.171 e. The Morgan fingerprint density at radius 1 is 0.958 bits per heavy atom. The summed E-state index contributed by atoms with van der Waals surface area (Å²) in [6.07, 6.45) is 3.06. The van der Waals surface area contributed by atoms with Gasteiger partial charge in [0.25, 0.3) is 0 Å². The molecule has 0 heterocycles. The Balaban J connectivity index is 3.25. The van der Waals surface area contributed by atoms with Crippen LogP contribution < -0.4 is 15.2 Å². The molecule has 0 spiro atoms. The van der Waals surface area contributed by atoms with Gasteiger partial charge in [0.15, 0.2) is 11.5 Å². The minimum absolute atomic E-state index is 0.0372. The first-order valence-corrected chi connectivity index (χ1v) is 8.64. The quantitative estimate of drug-likeness (QED) is 0.739. The highest BCUT2D eigenvalue weighted by molar-refractivity contribution is 5.55. The van der Waals surface area contributed by atoms with Crippen LogP contribution in [0.2, 0.25) is 0 Å². The minimum Gasteiger partial charge on any atom is -0.507 e. The highest BCUT2D eigenvalue weighted by atomic mass is 16.5. The molecule has 1 aromatic carbocycles. The standard InChI is InChI=1S/C21H34O3/c1-13(2)12-20(5,6)10-11-21(7,8)16-14(3)18(23)19(24-9)15(4)17(16)22/h13,22-23H,3-4,10-12H2,1-2,5-9H3. The van der Waals surface area contributed by atoms with Crippen LogP contribution in [0.15, 0.2) is 0 Å². The molecule has 0 radical (unpaired) electrons. The maximum absolute atomic E-state index is 10.6. The van der Waals surface area contributed by atoms with Crippen LogP contribution >= 0.6 is 0 Å². The van der Waals surface area contributed by atoms with E-state index in [0.717, 1.165) is 19.3 Å². The van der Waals surface area contributed by atoms with Crippen molar-refractivity contribution in [2.24, 2.45) is 11.3 Å². The Labute approximate surface area is 146 Å². The zero-order chi connectivity index (χ0) is 18.9. The van der Waals surface area contributed by atoms with Gasteiger partial charge in [-0.1, -0.05) is 54.7 Å². The van der Waals surface area contributed by atoms with Gasteiger partial charge in [-0.25, -0.2) is 0 Å². The number of hydrogen-bond acceptors (Lipinski definition) is 3. The number of benzene rings is 1. The molecule has 1 rings (SSSR count). The first-order chi connectivity index (χ1) is 10.8. The van der Waals surface area contributed by atoms with Gasteiger partial charge in [0, 0.05) is 10.8 Å². The smallest absolute Gasteiger partial charge is 0.171 e. The van der Waals surface area contributed by atoms with E-state index >= 15 is 0 Å². The molecule has 0 bridgehead atoms. The summed E-state index contributed by atoms with van der Waals surface area (Å²) < 4.78 is 5.15. The van der Waals surface area contributed by atoms with Gasteiger partial charge >= 0.3 is 0 Å². The average Bonchev–Trinajstić information content (AvgIpc) is 2.43. The highest BCUT2D eigenvalue weighted by Crippen LogP contribution is 2.39. The number of phenols is 2. The van der Waals surface area contributed by atoms with Crippen LogP contribution in [-0.2, 0) is 5.41 Å². The lowest BCUT2D eigenvalue weighted by atomic mass is 9.72. The fourth-order valence-electron chi connectivity index (χ4n) is 3.73. The molecule has 0 aliphatic rings. The van der Waals surface area contributed by atoms with Crippen molar-refractivity contribution in [1.82, 2.24) is 0 Å². The van der Waals surface area contributed by atoms with E-state index in [1.165, 1.54) is 7.11 Å². The lowest BCUT2D eigenvalue weighted by Gasteiger charge is -2.33. The van der Waals surface area contributed by atoms with E-state index < -0.39 is 0 Å². The predicted molar refractivity (Wildman–Crippen MR) is 102 cm³/mol. The second-order valence-electron chi connectivity index (χ2n) is 8.71. The summed E-state index contributed by atoms with van der Waals surface area (Å²) in [5.74, 6) is 0.875. The Bertz CT molecular complexity index is 684. The Kier molecular flexibility index (Phi) is 6.02. The van der Waals surface area contributed by atoms with Crippen molar-refractivity contribution in [1.29, 1.82) is 0 Å². The summed E-state index contributed by atoms with van der Waals surface area (Å²) in [4.78, 5) is 0. The highest BCUT2D eigenvalue weighted by Gasteiger charge is 2.31. The van der Waals surface area contributed by atoms with Crippen molar-refractivity contribution in [3.8, 4) is 17.2 Å². The van der Waals surface area contributed by atoms with E-state index in [1.54, 1.807) is 0 Å². The van der Waals surface area contributed by atoms with E-state index in [2.05, 4.69) is 54.7 Å². The fraction of sp³-hybridized carbons (Fsp3) is 0.619. The third-order valence-electron chi connectivity index (χ3n) is 4.87. The van der Waals surface area contributed by atoms with E-state index in [1.807, 2.05) is 0 Å². The van der Waals surface area contributed by atoms with E-state index in [-0.39, 0.29) is 28.1 Å². The van der Waals surface area contributed by atoms with Gasteiger partial charge in [0.1, 0.15) is 5.75 Å². The molecule has 0 unspecified atom stereocenters. The molecule has 0 aromatic heterocycles. The molecule has 24 heavy (non-hydrogen) atoms. The number of hydrogen-bond donors (Lipinski definition) is 2. The van der Waals surface area contributed by atoms with Crippen LogP contribution in [0.3, 0.4) is 0 Å². The lowest BCUT2D eigenvalue weighted by Crippen LogP contribution is -2.30. The Morgan fingerprint density at radius 2 is 1.50 bits per heavy atom. The zero-order valence-corrected chi connectivity index (χ0v) is 16.4. The number of rotatable bonds is 7. The first kappa shape index (κ1) is 20.4. The monoisotopic (exact) mass is 334 g/mol. The normalized spacial score (nSPS) is 12.7. The van der Waals surface area contributed by atoms with Crippen LogP contribution in [0.5, 0.6) is 17.2 Å². The van der Waals surface area contributed by atoms with Crippen LogP contribution in [0, 0.1) is 11.3 Å². The fourth-order valence-corrected chi connectivity index (χ4v) is 3.73. The van der Waals surface area contributed by atoms with Gasteiger partial charge in [-0.05, 0) is 36.0 Å². The minimum atomic E-state index is -0.328. The van der Waals surface area contributed by atoms with Crippen LogP contribution in [0.1, 0.15) is 66.4 Å². The van der Waals surface area contributed by atoms with Crippen molar-refractivity contribution in [2.75, 3.05) is 7.11 Å². The van der Waals surface area contributed by atoms with Gasteiger partial charge in [0.05, 0.1) is 12.3 Å². The Morgan fingerprint density at radius 3 is 1.96 bits per heavy atom. The molecular formula is C21H34O3. The molecule has 0 fully saturated rings. The topological polar surface area (TPSA) is 49.7 Å². The lowest BCUT2D eigenvalue weighted by molar-refractivity contribution is 0.234. The molecule has 3 nitrogen and oxygen atoms in total. The zero-order valence-electron chi connectivity index (χ0n) is 16.4. The molecular weight excluding hydrogens is 300 g/mol. The van der Waals surface area contributed by atoms with Crippen LogP contribution in [0.25, 0.3) is 13.2 Å². The van der Waals surface area contributed by atoms with Gasteiger partial charge in [-0.2, -0.15) is 0 Å². The maximum atomic E-state index is 10.6. The van der Waals surface area contributed by atoms with Gasteiger partial charge in [-0.15, -0.1) is 0 Å². The molecule has 2 N–H and O–H groups in total. The second-order valence-corrected chi connectivity index (χ2v) is 8.71. The van der Waals surface area contributed by atoms with Gasteiger partial charge < -0.3 is 14.9 Å². The van der Waals surface area contributed by atoms with Crippen molar-refractivity contribution in [3.05, 3.63) is 16.0 Å². The average molecular weight is 335 g/mol. The molecule has 136 valence electrons. The van der Waals surface area contributed by atoms with Crippen LogP contribution in [0.4, 0.5) is 0 Å². The second kappa shape index (κ2) is 7.08. The predicted octanol–water partition coefficient (Wildman–Crippen LogP) is 4.06. The molecule has 3 heteroatoms. The molecule has 0 saturated heterocycles. The molecule has 0 saturated carbocycles. The molecule has 0 atom stereocenters. The third-order valence-corrected chi connectivity index (χ3v) is 4.87. The summed E-state index contributed by atoms with van der Waals surface area (Å²) in [6.45, 7) is 21.0. The third kappa shape index (κ3) is 4.25. The van der Waals surface area contributed by atoms with Crippen molar-refractivity contribution < 1.29 is 14.9 Å². The number of methoxy groups -OCH3 is 1. The van der Waals surface area contributed by atoms with Crippen LogP contribution in [-0.4, -0.2) is 17.3 Å². The number of phenolic OH excluding ortho intramolecular Hbond substituents is 2. The van der Waals surface area contributed by atoms with Crippen molar-refractivity contribution in [2.45, 2.75) is 66.2 Å². The molecule has 1 aromatic rings. The summed E-state index contributed by atoms with van der Waals surface area (Å²) in [6, 6.07) is 0. The molecule has 0 aliphatic carbocycles. The first-order valence-electron chi connectivity index (χ1n) is 8.64. The van der Waals surface area contributed by atoms with Crippen molar-refractivity contribution >= 4 is 13.2 Å². The summed E-state index contributed by atoms with van der Waals surface area (Å²) in [5, 5.41) is 21.7. The SMILES string of the molecule is C=c1c(O)c(C(C)(C)CCC(C)(C)CC(C)C)c(=C)c(O)c1OC. The van der Waals surface area contributed by atoms with Crippen molar-refractivity contribution in [3.63, 3.8) is 0 Å². The van der Waals surface area contributed by atoms with E-state index in [9.17, 15) is 10.2 Å². The number of aromatic hydroxyl groups is 2. The van der Waals surface area contributed by atoms with E-state index in [0.29, 0.717) is 21.9 Å². The molecule has 0 aliphatic heterocycles. The summed E-state index contributed by atoms with van der Waals surface area (Å²) in [7, 11) is 1.45. The molecule has 0 amide bonds. The Hall–Kier alpha value is -1.64. The summed E-state index contributed by atoms with van der Waals surface area (Å²) in [5.41, 5.74) is 0.557. The number of ether oxygens (including phenoxy) is 1.